The van der Waals surface area contributed by atoms with Crippen molar-refractivity contribution < 1.29 is 47.6 Å². The van der Waals surface area contributed by atoms with E-state index in [1.54, 1.807) is 20.8 Å². The van der Waals surface area contributed by atoms with Gasteiger partial charge in [0.15, 0.2) is 23.2 Å². The van der Waals surface area contributed by atoms with E-state index in [1.807, 2.05) is 0 Å². The second-order valence-corrected chi connectivity index (χ2v) is 10.5. The van der Waals surface area contributed by atoms with Crippen LogP contribution in [0.1, 0.15) is 70.3 Å². The summed E-state index contributed by atoms with van der Waals surface area (Å²) in [6, 6.07) is 0.304. The lowest BCUT2D eigenvalue weighted by Crippen LogP contribution is -2.47. The molecule has 1 aromatic rings. The molecule has 1 aromatic heterocycles. The van der Waals surface area contributed by atoms with Crippen LogP contribution in [0.25, 0.3) is 0 Å². The fraction of sp³-hybridized carbons (Fsp3) is 0.679. The highest BCUT2D eigenvalue weighted by atomic mass is 16.7. The molecule has 3 rings (SSSR count). The van der Waals surface area contributed by atoms with Crippen molar-refractivity contribution in [2.75, 3.05) is 27.1 Å². The number of methoxy groups -OCH3 is 1. The third-order valence-corrected chi connectivity index (χ3v) is 7.04. The van der Waals surface area contributed by atoms with Crippen molar-refractivity contribution in [3.05, 3.63) is 18.0 Å². The van der Waals surface area contributed by atoms with Gasteiger partial charge in [0, 0.05) is 25.1 Å². The number of pyridine rings is 1. The first kappa shape index (κ1) is 31.1. The molecule has 0 bridgehead atoms. The highest BCUT2D eigenvalue weighted by molar-refractivity contribution is 5.98. The minimum Gasteiger partial charge on any atom is -0.493 e. The predicted octanol–water partition coefficient (Wildman–Crippen LogP) is 2.81. The number of carbonyl (C=O) groups excluding carboxylic acids is 4. The smallest absolute Gasteiger partial charge is 0.331 e. The molecule has 4 atom stereocenters. The molecule has 1 N–H and O–H groups in total. The van der Waals surface area contributed by atoms with Gasteiger partial charge in [-0.3, -0.25) is 14.4 Å². The van der Waals surface area contributed by atoms with Gasteiger partial charge in [-0.1, -0.05) is 39.5 Å². The molecule has 1 saturated carbocycles. The minimum absolute atomic E-state index is 0.0632. The maximum Gasteiger partial charge on any atom is 0.331 e. The number of hydrogen-bond acceptors (Lipinski definition) is 11. The van der Waals surface area contributed by atoms with E-state index < -0.39 is 42.9 Å². The van der Waals surface area contributed by atoms with Crippen molar-refractivity contribution in [3.63, 3.8) is 0 Å². The van der Waals surface area contributed by atoms with Crippen LogP contribution in [0.4, 0.5) is 0 Å². The summed E-state index contributed by atoms with van der Waals surface area (Å²) < 4.78 is 33.0. The molecular weight excluding hydrogens is 524 g/mol. The van der Waals surface area contributed by atoms with E-state index in [0.717, 1.165) is 32.1 Å². The second-order valence-electron chi connectivity index (χ2n) is 10.5. The highest BCUT2D eigenvalue weighted by Gasteiger charge is 2.39. The van der Waals surface area contributed by atoms with E-state index in [0.29, 0.717) is 5.92 Å². The topological polar surface area (TPSA) is 149 Å². The molecule has 40 heavy (non-hydrogen) atoms. The number of nitrogens with zero attached hydrogens (tertiary/aromatic N) is 1. The Morgan fingerprint density at radius 1 is 1.18 bits per heavy atom. The molecule has 222 valence electrons. The number of hydrogen-bond donors (Lipinski definition) is 1. The average Bonchev–Trinajstić information content (AvgIpc) is 3.43. The molecule has 2 aliphatic rings. The zero-order chi connectivity index (χ0) is 29.2. The first-order chi connectivity index (χ1) is 19.1. The van der Waals surface area contributed by atoms with Crippen LogP contribution < -0.4 is 14.8 Å². The van der Waals surface area contributed by atoms with Crippen molar-refractivity contribution in [1.29, 1.82) is 0 Å². The maximum atomic E-state index is 13.2. The number of ether oxygens (including phenoxy) is 6. The quantitative estimate of drug-likeness (QED) is 0.254. The Hall–Kier alpha value is -3.41. The monoisotopic (exact) mass is 564 g/mol. The number of nitrogens with one attached hydrogen (secondary N) is 1. The molecule has 1 aliphatic heterocycles. The van der Waals surface area contributed by atoms with Gasteiger partial charge in [0.05, 0.1) is 26.2 Å². The Morgan fingerprint density at radius 2 is 1.90 bits per heavy atom. The van der Waals surface area contributed by atoms with Crippen molar-refractivity contribution >= 4 is 23.8 Å². The predicted molar refractivity (Wildman–Crippen MR) is 140 cm³/mol. The maximum absolute atomic E-state index is 13.2. The lowest BCUT2D eigenvalue weighted by molar-refractivity contribution is -0.174. The van der Waals surface area contributed by atoms with Gasteiger partial charge in [-0.05, 0) is 19.3 Å². The minimum atomic E-state index is -1.17. The summed E-state index contributed by atoms with van der Waals surface area (Å²) >= 11 is 0. The molecule has 1 aliphatic carbocycles. The Morgan fingerprint density at radius 3 is 2.55 bits per heavy atom. The molecule has 2 heterocycles. The SMILES string of the molecule is COc1ccnc(C(=O)NC2COCC(CC3CCCC3)C(OC(=O)C(C)C)C(C)OC2=O)c1OCOC(C)=O. The van der Waals surface area contributed by atoms with E-state index in [2.05, 4.69) is 10.3 Å². The van der Waals surface area contributed by atoms with E-state index in [4.69, 9.17) is 28.4 Å². The second kappa shape index (κ2) is 14.8. The van der Waals surface area contributed by atoms with Crippen molar-refractivity contribution in [3.8, 4) is 11.5 Å². The van der Waals surface area contributed by atoms with Gasteiger partial charge < -0.3 is 33.7 Å². The first-order valence-corrected chi connectivity index (χ1v) is 13.7. The Labute approximate surface area is 234 Å². The first-order valence-electron chi connectivity index (χ1n) is 13.7. The van der Waals surface area contributed by atoms with Crippen LogP contribution in [0.3, 0.4) is 0 Å². The molecule has 2 fully saturated rings. The summed E-state index contributed by atoms with van der Waals surface area (Å²) in [6.07, 6.45) is 5.21. The van der Waals surface area contributed by atoms with E-state index in [-0.39, 0.29) is 48.2 Å². The molecule has 0 aromatic carbocycles. The molecule has 1 amide bonds. The standard InChI is InChI=1S/C28H40N2O10/c1-16(2)27(33)40-24-17(3)39-28(34)21(14-36-13-20(24)12-19-8-6-7-9-19)30-26(32)23-25(38-15-37-18(4)31)22(35-5)10-11-29-23/h10-11,16-17,19-21,24H,6-9,12-15H2,1-5H3,(H,30,32). The number of aromatic nitrogens is 1. The van der Waals surface area contributed by atoms with Crippen LogP contribution in [0, 0.1) is 17.8 Å². The third kappa shape index (κ3) is 8.54. The van der Waals surface area contributed by atoms with E-state index in [1.165, 1.54) is 26.3 Å². The number of cyclic esters (lactones) is 1. The van der Waals surface area contributed by atoms with Gasteiger partial charge in [0.2, 0.25) is 6.79 Å². The zero-order valence-corrected chi connectivity index (χ0v) is 23.8. The average molecular weight is 565 g/mol. The highest BCUT2D eigenvalue weighted by Crippen LogP contribution is 2.34. The zero-order valence-electron chi connectivity index (χ0n) is 23.8. The summed E-state index contributed by atoms with van der Waals surface area (Å²) in [5, 5.41) is 2.60. The molecule has 0 spiro atoms. The normalized spacial score (nSPS) is 23.8. The van der Waals surface area contributed by atoms with E-state index >= 15 is 0 Å². The number of carbonyl (C=O) groups is 4. The van der Waals surface area contributed by atoms with Gasteiger partial charge in [-0.15, -0.1) is 0 Å². The fourth-order valence-electron chi connectivity index (χ4n) is 4.95. The van der Waals surface area contributed by atoms with Crippen LogP contribution in [-0.4, -0.2) is 74.2 Å². The van der Waals surface area contributed by atoms with E-state index in [9.17, 15) is 19.2 Å². The number of amides is 1. The van der Waals surface area contributed by atoms with Gasteiger partial charge in [-0.25, -0.2) is 9.78 Å². The van der Waals surface area contributed by atoms with Gasteiger partial charge in [-0.2, -0.15) is 0 Å². The summed E-state index contributed by atoms with van der Waals surface area (Å²) in [7, 11) is 1.38. The molecule has 1 saturated heterocycles. The summed E-state index contributed by atoms with van der Waals surface area (Å²) in [5.74, 6) is -2.36. The molecular formula is C28H40N2O10. The van der Waals surface area contributed by atoms with Crippen molar-refractivity contribution in [1.82, 2.24) is 10.3 Å². The van der Waals surface area contributed by atoms with Crippen LogP contribution in [0.2, 0.25) is 0 Å². The van der Waals surface area contributed by atoms with Gasteiger partial charge >= 0.3 is 17.9 Å². The third-order valence-electron chi connectivity index (χ3n) is 7.04. The van der Waals surface area contributed by atoms with Crippen LogP contribution in [0.5, 0.6) is 11.5 Å². The Kier molecular flexibility index (Phi) is 11.5. The summed E-state index contributed by atoms with van der Waals surface area (Å²) in [5.41, 5.74) is -0.185. The van der Waals surface area contributed by atoms with Gasteiger partial charge in [0.1, 0.15) is 12.2 Å². The lowest BCUT2D eigenvalue weighted by Gasteiger charge is -2.32. The number of esters is 3. The summed E-state index contributed by atoms with van der Waals surface area (Å²) in [4.78, 5) is 54.2. The van der Waals surface area contributed by atoms with Crippen molar-refractivity contribution in [2.24, 2.45) is 17.8 Å². The Balaban J connectivity index is 1.78. The van der Waals surface area contributed by atoms with Gasteiger partial charge in [0.25, 0.3) is 5.91 Å². The summed E-state index contributed by atoms with van der Waals surface area (Å²) in [6.45, 7) is 6.01. The molecule has 12 nitrogen and oxygen atoms in total. The molecule has 12 heteroatoms. The van der Waals surface area contributed by atoms with Crippen LogP contribution >= 0.6 is 0 Å². The fourth-order valence-corrected chi connectivity index (χ4v) is 4.95. The molecule has 4 unspecified atom stereocenters. The lowest BCUT2D eigenvalue weighted by atomic mass is 9.87. The molecule has 0 radical (unpaired) electrons. The van der Waals surface area contributed by atoms with Crippen LogP contribution in [-0.2, 0) is 33.3 Å². The van der Waals surface area contributed by atoms with Crippen molar-refractivity contribution in [2.45, 2.75) is 78.0 Å². The largest absolute Gasteiger partial charge is 0.493 e. The number of rotatable bonds is 10. The van der Waals surface area contributed by atoms with Crippen LogP contribution in [0.15, 0.2) is 12.3 Å². The Bertz CT molecular complexity index is 1040.